The Kier molecular flexibility index (Phi) is 9.04. The summed E-state index contributed by atoms with van der Waals surface area (Å²) in [5.41, 5.74) is 0. The second-order valence-corrected chi connectivity index (χ2v) is 7.25. The molecule has 2 heterocycles. The van der Waals surface area contributed by atoms with E-state index in [1.165, 1.54) is 0 Å². The lowest BCUT2D eigenvalue weighted by molar-refractivity contribution is -0.132. The number of hydrogen-bond donors (Lipinski definition) is 0. The molecule has 166 valence electrons. The molecule has 0 aromatic carbocycles. The summed E-state index contributed by atoms with van der Waals surface area (Å²) in [6.07, 6.45) is 7.13. The van der Waals surface area contributed by atoms with Crippen molar-refractivity contribution < 1.29 is 9.59 Å². The number of carbonyl (C=O) groups excluding carboxylic acids is 2. The van der Waals surface area contributed by atoms with Crippen LogP contribution in [0.1, 0.15) is 39.3 Å². The van der Waals surface area contributed by atoms with Crippen LogP contribution in [0.3, 0.4) is 0 Å². The maximum Gasteiger partial charge on any atom is 0.242 e. The Morgan fingerprint density at radius 2 is 1.13 bits per heavy atom. The van der Waals surface area contributed by atoms with Crippen LogP contribution in [-0.2, 0) is 35.8 Å². The van der Waals surface area contributed by atoms with Crippen LogP contribution < -0.4 is 0 Å². The fourth-order valence-corrected chi connectivity index (χ4v) is 3.45. The molecule has 9 heteroatoms. The minimum absolute atomic E-state index is 0.0901. The molecular formula is C21H35N7O2. The van der Waals surface area contributed by atoms with Crippen molar-refractivity contribution in [1.29, 1.82) is 0 Å². The minimum atomic E-state index is 0.0901. The number of likely N-dealkylation sites (N-methyl/N-ethyl adjacent to an activating group) is 2. The standard InChI is InChI=1S/C21H35N7O2/c1-6-25(7-2)20(29)16-27-12-10-22-18(27)14-24(5)15-19-23-11-13-28(19)17-21(30)26(8-3)9-4/h10-13H,6-9,14-17H2,1-5H3. The molecule has 30 heavy (non-hydrogen) atoms. The van der Waals surface area contributed by atoms with Gasteiger partial charge in [-0.25, -0.2) is 9.97 Å². The molecule has 0 radical (unpaired) electrons. The minimum Gasteiger partial charge on any atom is -0.342 e. The monoisotopic (exact) mass is 417 g/mol. The molecule has 9 nitrogen and oxygen atoms in total. The molecule has 0 spiro atoms. The maximum absolute atomic E-state index is 12.4. The zero-order valence-electron chi connectivity index (χ0n) is 18.9. The SMILES string of the molecule is CCN(CC)C(=O)Cn1ccnc1CN(C)Cc1nccn1CC(=O)N(CC)CC. The van der Waals surface area contributed by atoms with Crippen molar-refractivity contribution in [2.45, 2.75) is 53.9 Å². The number of imidazole rings is 2. The first-order valence-electron chi connectivity index (χ1n) is 10.7. The molecule has 0 bridgehead atoms. The van der Waals surface area contributed by atoms with Crippen molar-refractivity contribution in [2.24, 2.45) is 0 Å². The predicted octanol–water partition coefficient (Wildman–Crippen LogP) is 1.45. The zero-order valence-corrected chi connectivity index (χ0v) is 18.9. The first kappa shape index (κ1) is 23.6. The Labute approximate surface area is 179 Å². The van der Waals surface area contributed by atoms with Crippen molar-refractivity contribution in [1.82, 2.24) is 33.8 Å². The van der Waals surface area contributed by atoms with E-state index in [2.05, 4.69) is 14.9 Å². The summed E-state index contributed by atoms with van der Waals surface area (Å²) in [6, 6.07) is 0. The quantitative estimate of drug-likeness (QED) is 0.522. The highest BCUT2D eigenvalue weighted by atomic mass is 16.2. The molecule has 0 aliphatic rings. The Bertz CT molecular complexity index is 740. The molecule has 0 aliphatic heterocycles. The lowest BCUT2D eigenvalue weighted by Gasteiger charge is -2.22. The Morgan fingerprint density at radius 1 is 0.767 bits per heavy atom. The Morgan fingerprint density at radius 3 is 1.47 bits per heavy atom. The highest BCUT2D eigenvalue weighted by Crippen LogP contribution is 2.08. The van der Waals surface area contributed by atoms with E-state index in [-0.39, 0.29) is 24.9 Å². The molecule has 0 fully saturated rings. The first-order valence-corrected chi connectivity index (χ1v) is 10.7. The lowest BCUT2D eigenvalue weighted by atomic mass is 10.4. The van der Waals surface area contributed by atoms with Crippen molar-refractivity contribution in [3.8, 4) is 0 Å². The Hall–Kier alpha value is -2.68. The van der Waals surface area contributed by atoms with Gasteiger partial charge in [-0.3, -0.25) is 14.5 Å². The van der Waals surface area contributed by atoms with Crippen LogP contribution in [0, 0.1) is 0 Å². The average molecular weight is 418 g/mol. The third-order valence-corrected chi connectivity index (χ3v) is 5.27. The first-order chi connectivity index (χ1) is 14.4. The van der Waals surface area contributed by atoms with Gasteiger partial charge in [-0.1, -0.05) is 0 Å². The summed E-state index contributed by atoms with van der Waals surface area (Å²) in [7, 11) is 1.98. The van der Waals surface area contributed by atoms with Gasteiger partial charge in [0.25, 0.3) is 0 Å². The van der Waals surface area contributed by atoms with Crippen LogP contribution in [0.25, 0.3) is 0 Å². The number of carbonyl (C=O) groups is 2. The second kappa shape index (κ2) is 11.5. The molecule has 0 N–H and O–H groups in total. The molecule has 0 atom stereocenters. The third kappa shape index (κ3) is 6.16. The summed E-state index contributed by atoms with van der Waals surface area (Å²) in [5, 5.41) is 0. The van der Waals surface area contributed by atoms with Crippen molar-refractivity contribution in [3.63, 3.8) is 0 Å². The van der Waals surface area contributed by atoms with Gasteiger partial charge in [0.2, 0.25) is 11.8 Å². The number of rotatable bonds is 12. The third-order valence-electron chi connectivity index (χ3n) is 5.27. The van der Waals surface area contributed by atoms with Gasteiger partial charge in [0, 0.05) is 51.0 Å². The number of hydrogen-bond acceptors (Lipinski definition) is 5. The summed E-state index contributed by atoms with van der Waals surface area (Å²) in [5.74, 6) is 1.84. The molecule has 2 aromatic rings. The summed E-state index contributed by atoms with van der Waals surface area (Å²) in [6.45, 7) is 12.5. The number of aromatic nitrogens is 4. The molecule has 2 aromatic heterocycles. The van der Waals surface area contributed by atoms with Gasteiger partial charge < -0.3 is 18.9 Å². The summed E-state index contributed by atoms with van der Waals surface area (Å²) in [4.78, 5) is 39.4. The fraction of sp³-hybridized carbons (Fsp3) is 0.619. The maximum atomic E-state index is 12.4. The largest absolute Gasteiger partial charge is 0.342 e. The van der Waals surface area contributed by atoms with Crippen molar-refractivity contribution in [3.05, 3.63) is 36.4 Å². The van der Waals surface area contributed by atoms with Crippen LogP contribution in [0.5, 0.6) is 0 Å². The van der Waals surface area contributed by atoms with Crippen LogP contribution in [-0.4, -0.2) is 78.8 Å². The van der Waals surface area contributed by atoms with E-state index in [9.17, 15) is 9.59 Å². The number of amides is 2. The van der Waals surface area contributed by atoms with Gasteiger partial charge in [0.1, 0.15) is 24.7 Å². The molecular weight excluding hydrogens is 382 g/mol. The van der Waals surface area contributed by atoms with Gasteiger partial charge in [0.15, 0.2) is 0 Å². The van der Waals surface area contributed by atoms with E-state index in [0.717, 1.165) is 11.6 Å². The normalized spacial score (nSPS) is 11.1. The van der Waals surface area contributed by atoms with Crippen LogP contribution in [0.4, 0.5) is 0 Å². The Balaban J connectivity index is 1.99. The fourth-order valence-electron chi connectivity index (χ4n) is 3.45. The second-order valence-electron chi connectivity index (χ2n) is 7.25. The van der Waals surface area contributed by atoms with Crippen molar-refractivity contribution in [2.75, 3.05) is 33.2 Å². The topological polar surface area (TPSA) is 79.5 Å². The molecule has 2 amide bonds. The van der Waals surface area contributed by atoms with Crippen LogP contribution >= 0.6 is 0 Å². The van der Waals surface area contributed by atoms with Crippen LogP contribution in [0.15, 0.2) is 24.8 Å². The molecule has 2 rings (SSSR count). The summed E-state index contributed by atoms with van der Waals surface area (Å²) < 4.78 is 3.79. The van der Waals surface area contributed by atoms with Gasteiger partial charge in [0.05, 0.1) is 13.1 Å². The van der Waals surface area contributed by atoms with E-state index >= 15 is 0 Å². The molecule has 0 saturated carbocycles. The predicted molar refractivity (Wildman–Crippen MR) is 115 cm³/mol. The van der Waals surface area contributed by atoms with Gasteiger partial charge >= 0.3 is 0 Å². The highest BCUT2D eigenvalue weighted by molar-refractivity contribution is 5.76. The van der Waals surface area contributed by atoms with E-state index in [1.54, 1.807) is 12.4 Å². The average Bonchev–Trinajstić information content (AvgIpc) is 3.33. The molecule has 0 unspecified atom stereocenters. The van der Waals surface area contributed by atoms with Gasteiger partial charge in [-0.15, -0.1) is 0 Å². The van der Waals surface area contributed by atoms with E-state index in [1.807, 2.05) is 66.1 Å². The van der Waals surface area contributed by atoms with Crippen LogP contribution in [0.2, 0.25) is 0 Å². The summed E-state index contributed by atoms with van der Waals surface area (Å²) >= 11 is 0. The smallest absolute Gasteiger partial charge is 0.242 e. The van der Waals surface area contributed by atoms with E-state index < -0.39 is 0 Å². The lowest BCUT2D eigenvalue weighted by Crippen LogP contribution is -2.34. The number of nitrogens with zero attached hydrogens (tertiary/aromatic N) is 7. The van der Waals surface area contributed by atoms with E-state index in [4.69, 9.17) is 0 Å². The zero-order chi connectivity index (χ0) is 22.1. The molecule has 0 saturated heterocycles. The van der Waals surface area contributed by atoms with Gasteiger partial charge in [-0.05, 0) is 34.7 Å². The van der Waals surface area contributed by atoms with Crippen molar-refractivity contribution >= 4 is 11.8 Å². The molecule has 0 aliphatic carbocycles. The highest BCUT2D eigenvalue weighted by Gasteiger charge is 2.16. The van der Waals surface area contributed by atoms with Gasteiger partial charge in [-0.2, -0.15) is 0 Å². The van der Waals surface area contributed by atoms with E-state index in [0.29, 0.717) is 39.3 Å².